The summed E-state index contributed by atoms with van der Waals surface area (Å²) in [5, 5.41) is 3.32. The van der Waals surface area contributed by atoms with Crippen LogP contribution in [0.2, 0.25) is 5.02 Å². The van der Waals surface area contributed by atoms with Crippen molar-refractivity contribution in [2.45, 2.75) is 20.3 Å². The highest BCUT2D eigenvalue weighted by Crippen LogP contribution is 2.28. The number of anilines is 1. The molecule has 0 radical (unpaired) electrons. The molecule has 1 amide bonds. The summed E-state index contributed by atoms with van der Waals surface area (Å²) in [4.78, 5) is 12.3. The average Bonchev–Trinajstić information content (AvgIpc) is 3.08. The molecule has 7 heteroatoms. The van der Waals surface area contributed by atoms with E-state index in [1.54, 1.807) is 12.1 Å². The van der Waals surface area contributed by atoms with Gasteiger partial charge < -0.3 is 9.73 Å². The van der Waals surface area contributed by atoms with E-state index in [1.807, 2.05) is 19.9 Å². The molecule has 3 rings (SSSR count). The SMILES string of the molecule is CCc1cc(C)c(C(=O)Nc2ccc(Cl)c3nsnc23)o1. The molecule has 0 bridgehead atoms. The molecule has 3 aromatic rings. The van der Waals surface area contributed by atoms with Crippen molar-refractivity contribution >= 4 is 46.0 Å². The number of carbonyl (C=O) groups is 1. The molecule has 0 aliphatic carbocycles. The molecule has 0 spiro atoms. The Balaban J connectivity index is 1.94. The quantitative estimate of drug-likeness (QED) is 0.789. The number of fused-ring (bicyclic) bond motifs is 1. The summed E-state index contributed by atoms with van der Waals surface area (Å²) in [5.74, 6) is 0.802. The lowest BCUT2D eigenvalue weighted by atomic mass is 10.2. The number of halogens is 1. The normalized spacial score (nSPS) is 11.0. The lowest BCUT2D eigenvalue weighted by Crippen LogP contribution is -2.12. The number of hydrogen-bond donors (Lipinski definition) is 1. The minimum atomic E-state index is -0.302. The molecule has 0 saturated heterocycles. The number of rotatable bonds is 3. The number of amides is 1. The average molecular weight is 322 g/mol. The van der Waals surface area contributed by atoms with Crippen LogP contribution in [0.1, 0.15) is 28.8 Å². The van der Waals surface area contributed by atoms with Gasteiger partial charge in [-0.3, -0.25) is 4.79 Å². The van der Waals surface area contributed by atoms with E-state index in [0.29, 0.717) is 27.5 Å². The standard InChI is InChI=1S/C14H12ClN3O2S/c1-3-8-6-7(2)13(20-8)14(19)16-10-5-4-9(15)11-12(10)18-21-17-11/h4-6H,3H2,1-2H3,(H,16,19). The maximum atomic E-state index is 12.3. The first-order chi connectivity index (χ1) is 10.1. The molecule has 1 aromatic carbocycles. The van der Waals surface area contributed by atoms with E-state index in [0.717, 1.165) is 29.5 Å². The van der Waals surface area contributed by atoms with Crippen LogP contribution in [0, 0.1) is 6.92 Å². The summed E-state index contributed by atoms with van der Waals surface area (Å²) in [6.45, 7) is 3.82. The van der Waals surface area contributed by atoms with Crippen LogP contribution < -0.4 is 5.32 Å². The van der Waals surface area contributed by atoms with Gasteiger partial charge in [0.2, 0.25) is 0 Å². The Bertz CT molecular complexity index is 825. The largest absolute Gasteiger partial charge is 0.456 e. The van der Waals surface area contributed by atoms with Gasteiger partial charge in [0.1, 0.15) is 16.8 Å². The van der Waals surface area contributed by atoms with Crippen LogP contribution in [0.3, 0.4) is 0 Å². The number of nitrogens with zero attached hydrogens (tertiary/aromatic N) is 2. The van der Waals surface area contributed by atoms with E-state index in [2.05, 4.69) is 14.1 Å². The fourth-order valence-electron chi connectivity index (χ4n) is 2.06. The van der Waals surface area contributed by atoms with Crippen LogP contribution in [-0.2, 0) is 6.42 Å². The molecule has 21 heavy (non-hydrogen) atoms. The van der Waals surface area contributed by atoms with Gasteiger partial charge in [-0.15, -0.1) is 0 Å². The van der Waals surface area contributed by atoms with E-state index in [-0.39, 0.29) is 5.91 Å². The molecular weight excluding hydrogens is 310 g/mol. The second kappa shape index (κ2) is 5.46. The molecule has 108 valence electrons. The topological polar surface area (TPSA) is 68.0 Å². The predicted octanol–water partition coefficient (Wildman–Crippen LogP) is 4.06. The van der Waals surface area contributed by atoms with Crippen LogP contribution >= 0.6 is 23.3 Å². The van der Waals surface area contributed by atoms with Crippen LogP contribution in [0.15, 0.2) is 22.6 Å². The Hall–Kier alpha value is -1.92. The van der Waals surface area contributed by atoms with Crippen molar-refractivity contribution in [2.24, 2.45) is 0 Å². The molecule has 2 aromatic heterocycles. The molecule has 0 aliphatic heterocycles. The molecule has 0 aliphatic rings. The molecule has 0 saturated carbocycles. The predicted molar refractivity (Wildman–Crippen MR) is 83.2 cm³/mol. The summed E-state index contributed by atoms with van der Waals surface area (Å²) < 4.78 is 13.8. The first kappa shape index (κ1) is 14.0. The van der Waals surface area contributed by atoms with Crippen LogP contribution in [0.5, 0.6) is 0 Å². The minimum absolute atomic E-state index is 0.302. The Morgan fingerprint density at radius 2 is 2.14 bits per heavy atom. The van der Waals surface area contributed by atoms with Crippen LogP contribution in [0.4, 0.5) is 5.69 Å². The summed E-state index contributed by atoms with van der Waals surface area (Å²) >= 11 is 7.10. The molecule has 0 unspecified atom stereocenters. The zero-order valence-corrected chi connectivity index (χ0v) is 13.0. The van der Waals surface area contributed by atoms with Crippen LogP contribution in [0.25, 0.3) is 11.0 Å². The number of nitrogens with one attached hydrogen (secondary N) is 1. The van der Waals surface area contributed by atoms with Gasteiger partial charge in [-0.1, -0.05) is 18.5 Å². The van der Waals surface area contributed by atoms with Crippen molar-refractivity contribution in [1.82, 2.24) is 8.75 Å². The fraction of sp³-hybridized carbons (Fsp3) is 0.214. The van der Waals surface area contributed by atoms with Gasteiger partial charge >= 0.3 is 0 Å². The Kier molecular flexibility index (Phi) is 3.65. The summed E-state index contributed by atoms with van der Waals surface area (Å²) in [6, 6.07) is 5.27. The number of benzene rings is 1. The van der Waals surface area contributed by atoms with Crippen molar-refractivity contribution in [1.29, 1.82) is 0 Å². The van der Waals surface area contributed by atoms with Gasteiger partial charge in [0.05, 0.1) is 22.4 Å². The third-order valence-corrected chi connectivity index (χ3v) is 3.97. The van der Waals surface area contributed by atoms with Gasteiger partial charge in [0, 0.05) is 12.0 Å². The Labute approximate surface area is 130 Å². The first-order valence-electron chi connectivity index (χ1n) is 6.41. The monoisotopic (exact) mass is 321 g/mol. The first-order valence-corrected chi connectivity index (χ1v) is 7.52. The molecule has 1 N–H and O–H groups in total. The summed E-state index contributed by atoms with van der Waals surface area (Å²) in [7, 11) is 0. The highest BCUT2D eigenvalue weighted by Gasteiger charge is 2.18. The van der Waals surface area contributed by atoms with Gasteiger partial charge in [-0.05, 0) is 25.1 Å². The van der Waals surface area contributed by atoms with Crippen molar-refractivity contribution < 1.29 is 9.21 Å². The minimum Gasteiger partial charge on any atom is -0.456 e. The second-order valence-electron chi connectivity index (χ2n) is 4.59. The Morgan fingerprint density at radius 3 is 2.86 bits per heavy atom. The molecule has 0 atom stereocenters. The number of hydrogen-bond acceptors (Lipinski definition) is 5. The third-order valence-electron chi connectivity index (χ3n) is 3.14. The zero-order valence-electron chi connectivity index (χ0n) is 11.4. The summed E-state index contributed by atoms with van der Waals surface area (Å²) in [5.41, 5.74) is 2.55. The zero-order chi connectivity index (χ0) is 15.0. The summed E-state index contributed by atoms with van der Waals surface area (Å²) in [6.07, 6.45) is 0.745. The van der Waals surface area contributed by atoms with Gasteiger partial charge in [0.25, 0.3) is 5.91 Å². The number of aryl methyl sites for hydroxylation is 2. The van der Waals surface area contributed by atoms with Crippen molar-refractivity contribution in [3.63, 3.8) is 0 Å². The number of carbonyl (C=O) groups excluding carboxylic acids is 1. The highest BCUT2D eigenvalue weighted by atomic mass is 35.5. The van der Waals surface area contributed by atoms with E-state index in [1.165, 1.54) is 0 Å². The lowest BCUT2D eigenvalue weighted by molar-refractivity contribution is 0.0994. The van der Waals surface area contributed by atoms with Gasteiger partial charge in [-0.2, -0.15) is 8.75 Å². The lowest BCUT2D eigenvalue weighted by Gasteiger charge is -2.05. The highest BCUT2D eigenvalue weighted by molar-refractivity contribution is 7.00. The molecule has 0 fully saturated rings. The molecular formula is C14H12ClN3O2S. The van der Waals surface area contributed by atoms with Crippen molar-refractivity contribution in [3.05, 3.63) is 40.3 Å². The Morgan fingerprint density at radius 1 is 1.38 bits per heavy atom. The van der Waals surface area contributed by atoms with Crippen molar-refractivity contribution in [3.8, 4) is 0 Å². The van der Waals surface area contributed by atoms with Crippen molar-refractivity contribution in [2.75, 3.05) is 5.32 Å². The third kappa shape index (κ3) is 2.52. The number of furan rings is 1. The molecule has 5 nitrogen and oxygen atoms in total. The van der Waals surface area contributed by atoms with E-state index < -0.39 is 0 Å². The number of aromatic nitrogens is 2. The van der Waals surface area contributed by atoms with E-state index in [4.69, 9.17) is 16.0 Å². The van der Waals surface area contributed by atoms with Gasteiger partial charge in [-0.25, -0.2) is 0 Å². The second-order valence-corrected chi connectivity index (χ2v) is 5.52. The fourth-order valence-corrected chi connectivity index (χ4v) is 2.88. The van der Waals surface area contributed by atoms with E-state index >= 15 is 0 Å². The maximum Gasteiger partial charge on any atom is 0.291 e. The van der Waals surface area contributed by atoms with Crippen LogP contribution in [-0.4, -0.2) is 14.7 Å². The van der Waals surface area contributed by atoms with E-state index in [9.17, 15) is 4.79 Å². The molecule has 2 heterocycles. The maximum absolute atomic E-state index is 12.3. The smallest absolute Gasteiger partial charge is 0.291 e. The van der Waals surface area contributed by atoms with Gasteiger partial charge in [0.15, 0.2) is 5.76 Å².